The number of piperidine rings is 3. The number of aliphatic hydroxyl groups is 2. The molecule has 0 aliphatic carbocycles. The Morgan fingerprint density at radius 3 is 2.93 bits per heavy atom. The van der Waals surface area contributed by atoms with Crippen LogP contribution in [0.3, 0.4) is 0 Å². The van der Waals surface area contributed by atoms with Gasteiger partial charge in [0.2, 0.25) is 0 Å². The summed E-state index contributed by atoms with van der Waals surface area (Å²) in [5.41, 5.74) is 1.71. The molecule has 3 fully saturated rings. The van der Waals surface area contributed by atoms with Gasteiger partial charge in [-0.2, -0.15) is 0 Å². The molecule has 5 heterocycles. The largest absolute Gasteiger partial charge is 0.468 e. The first kappa shape index (κ1) is 17.0. The van der Waals surface area contributed by atoms with E-state index in [1.165, 1.54) is 7.11 Å². The standard InChI is InChI=1S/C21H24N2O4/c1-3-12-10-23-17-8-14-13-6-4-5-7-16(13)22-18(14)21(23,26)9-15(12)20(17,11-24)19(25)27-2/h3-7,15,17,22,24,26H,8-11H2,1-2H3/b12-3-/t15-,17+,20-,21-/m1/s1. The van der Waals surface area contributed by atoms with Crippen molar-refractivity contribution in [1.82, 2.24) is 9.88 Å². The molecule has 4 aliphatic rings. The van der Waals surface area contributed by atoms with Crippen LogP contribution in [0.2, 0.25) is 0 Å². The second kappa shape index (κ2) is 5.44. The summed E-state index contributed by atoms with van der Waals surface area (Å²) in [6.07, 6.45) is 2.96. The normalized spacial score (nSPS) is 38.2. The fourth-order valence-corrected chi connectivity index (χ4v) is 5.89. The Hall–Kier alpha value is -2.15. The topological polar surface area (TPSA) is 85.8 Å². The molecule has 0 spiro atoms. The number of H-pyrrole nitrogens is 1. The molecule has 4 aliphatic heterocycles. The molecule has 1 aromatic carbocycles. The number of nitrogens with one attached hydrogen (secondary N) is 1. The van der Waals surface area contributed by atoms with Gasteiger partial charge in [0.05, 0.1) is 19.4 Å². The van der Waals surface area contributed by atoms with Crippen molar-refractivity contribution in [1.29, 1.82) is 0 Å². The monoisotopic (exact) mass is 368 g/mol. The number of aromatic nitrogens is 1. The van der Waals surface area contributed by atoms with Gasteiger partial charge in [-0.1, -0.05) is 29.8 Å². The molecule has 0 radical (unpaired) electrons. The molecule has 0 amide bonds. The maximum atomic E-state index is 13.0. The fourth-order valence-electron chi connectivity index (χ4n) is 5.89. The number of carbonyl (C=O) groups excluding carboxylic acids is 1. The van der Waals surface area contributed by atoms with Crippen LogP contribution in [0.25, 0.3) is 10.9 Å². The Morgan fingerprint density at radius 2 is 2.22 bits per heavy atom. The lowest BCUT2D eigenvalue weighted by Gasteiger charge is -2.65. The minimum Gasteiger partial charge on any atom is -0.468 e. The molecule has 6 rings (SSSR count). The number of aromatic amines is 1. The number of aliphatic hydroxyl groups excluding tert-OH is 1. The number of rotatable bonds is 2. The summed E-state index contributed by atoms with van der Waals surface area (Å²) in [7, 11) is 1.37. The first-order valence-corrected chi connectivity index (χ1v) is 9.44. The average molecular weight is 368 g/mol. The molecular weight excluding hydrogens is 344 g/mol. The van der Waals surface area contributed by atoms with Gasteiger partial charge in [-0.05, 0) is 25.0 Å². The van der Waals surface area contributed by atoms with Crippen LogP contribution in [0.4, 0.5) is 0 Å². The van der Waals surface area contributed by atoms with E-state index in [1.807, 2.05) is 42.2 Å². The highest BCUT2D eigenvalue weighted by Crippen LogP contribution is 2.61. The minimum atomic E-state index is -1.17. The van der Waals surface area contributed by atoms with E-state index in [2.05, 4.69) is 4.98 Å². The van der Waals surface area contributed by atoms with Crippen LogP contribution in [0.1, 0.15) is 24.6 Å². The maximum Gasteiger partial charge on any atom is 0.316 e. The quantitative estimate of drug-likeness (QED) is 0.555. The number of methoxy groups -OCH3 is 1. The van der Waals surface area contributed by atoms with Gasteiger partial charge < -0.3 is 19.9 Å². The van der Waals surface area contributed by atoms with Crippen molar-refractivity contribution >= 4 is 16.9 Å². The highest BCUT2D eigenvalue weighted by atomic mass is 16.5. The Kier molecular flexibility index (Phi) is 3.42. The molecule has 142 valence electrons. The fraction of sp³-hybridized carbons (Fsp3) is 0.476. The van der Waals surface area contributed by atoms with Crippen molar-refractivity contribution in [2.75, 3.05) is 20.3 Å². The molecule has 1 unspecified atom stereocenters. The molecule has 0 saturated carbocycles. The van der Waals surface area contributed by atoms with E-state index in [-0.39, 0.29) is 18.6 Å². The predicted molar refractivity (Wildman–Crippen MR) is 99.8 cm³/mol. The average Bonchev–Trinajstić information content (AvgIpc) is 3.07. The zero-order valence-corrected chi connectivity index (χ0v) is 15.5. The smallest absolute Gasteiger partial charge is 0.316 e. The van der Waals surface area contributed by atoms with Gasteiger partial charge in [0.25, 0.3) is 0 Å². The molecule has 3 saturated heterocycles. The predicted octanol–water partition coefficient (Wildman–Crippen LogP) is 1.67. The number of allylic oxidation sites excluding steroid dienone is 1. The van der Waals surface area contributed by atoms with Crippen LogP contribution in [-0.4, -0.2) is 52.4 Å². The van der Waals surface area contributed by atoms with Crippen LogP contribution in [-0.2, 0) is 21.7 Å². The molecule has 3 N–H and O–H groups in total. The van der Waals surface area contributed by atoms with Crippen LogP contribution >= 0.6 is 0 Å². The number of nitrogens with zero attached hydrogens (tertiary/aromatic N) is 1. The van der Waals surface area contributed by atoms with Gasteiger partial charge in [-0.15, -0.1) is 0 Å². The lowest BCUT2D eigenvalue weighted by molar-refractivity contribution is -0.252. The summed E-state index contributed by atoms with van der Waals surface area (Å²) in [6.45, 7) is 2.25. The van der Waals surface area contributed by atoms with Crippen molar-refractivity contribution in [3.05, 3.63) is 47.2 Å². The molecule has 6 nitrogen and oxygen atoms in total. The molecule has 5 atom stereocenters. The van der Waals surface area contributed by atoms with Crippen molar-refractivity contribution in [3.8, 4) is 0 Å². The summed E-state index contributed by atoms with van der Waals surface area (Å²) >= 11 is 0. The molecule has 1 aromatic heterocycles. The molecule has 27 heavy (non-hydrogen) atoms. The van der Waals surface area contributed by atoms with Crippen molar-refractivity contribution in [2.45, 2.75) is 31.5 Å². The van der Waals surface area contributed by atoms with E-state index in [1.54, 1.807) is 0 Å². The lowest BCUT2D eigenvalue weighted by Crippen LogP contribution is -2.75. The SMILES string of the molecule is C/C=C1/CN2[C@H]3Cc4c([nH]c5ccccc45)[C@]2(O)C[C@H]1[C@@]3(CO)C(=O)OC. The number of carbonyl (C=O) groups is 1. The van der Waals surface area contributed by atoms with Crippen LogP contribution in [0.5, 0.6) is 0 Å². The minimum absolute atomic E-state index is 0.250. The van der Waals surface area contributed by atoms with Crippen molar-refractivity contribution < 1.29 is 19.7 Å². The number of hydrogen-bond donors (Lipinski definition) is 3. The van der Waals surface area contributed by atoms with Gasteiger partial charge in [0.1, 0.15) is 5.41 Å². The van der Waals surface area contributed by atoms with Gasteiger partial charge >= 0.3 is 5.97 Å². The summed E-state index contributed by atoms with van der Waals surface area (Å²) < 4.78 is 5.17. The van der Waals surface area contributed by atoms with E-state index in [4.69, 9.17) is 4.74 Å². The van der Waals surface area contributed by atoms with E-state index in [9.17, 15) is 15.0 Å². The van der Waals surface area contributed by atoms with E-state index < -0.39 is 17.1 Å². The van der Waals surface area contributed by atoms with E-state index >= 15 is 0 Å². The van der Waals surface area contributed by atoms with Gasteiger partial charge in [0, 0.05) is 35.8 Å². The lowest BCUT2D eigenvalue weighted by atomic mass is 9.54. The third-order valence-electron chi connectivity index (χ3n) is 7.17. The molecule has 2 aromatic rings. The highest BCUT2D eigenvalue weighted by Gasteiger charge is 2.69. The number of hydrogen-bond acceptors (Lipinski definition) is 5. The number of fused-ring (bicyclic) bond motifs is 4. The Balaban J connectivity index is 1.78. The van der Waals surface area contributed by atoms with Crippen LogP contribution in [0.15, 0.2) is 35.9 Å². The number of esters is 1. The Bertz CT molecular complexity index is 980. The van der Waals surface area contributed by atoms with Gasteiger partial charge in [0.15, 0.2) is 5.72 Å². The summed E-state index contributed by atoms with van der Waals surface area (Å²) in [5, 5.41) is 23.3. The zero-order valence-electron chi connectivity index (χ0n) is 15.5. The van der Waals surface area contributed by atoms with Crippen molar-refractivity contribution in [2.24, 2.45) is 11.3 Å². The van der Waals surface area contributed by atoms with Gasteiger partial charge in [-0.3, -0.25) is 9.69 Å². The first-order valence-electron chi connectivity index (χ1n) is 9.44. The third kappa shape index (κ3) is 1.83. The summed E-state index contributed by atoms with van der Waals surface area (Å²) in [6, 6.07) is 7.69. The van der Waals surface area contributed by atoms with Crippen LogP contribution < -0.4 is 0 Å². The second-order valence-corrected chi connectivity index (χ2v) is 8.00. The van der Waals surface area contributed by atoms with Gasteiger partial charge in [-0.25, -0.2) is 0 Å². The Morgan fingerprint density at radius 1 is 1.44 bits per heavy atom. The van der Waals surface area contributed by atoms with Crippen LogP contribution in [0, 0.1) is 11.3 Å². The second-order valence-electron chi connectivity index (χ2n) is 8.00. The maximum absolute atomic E-state index is 13.0. The molecular formula is C21H24N2O4. The molecule has 6 heteroatoms. The zero-order chi connectivity index (χ0) is 19.0. The number of benzene rings is 1. The highest BCUT2D eigenvalue weighted by molar-refractivity contribution is 5.86. The van der Waals surface area contributed by atoms with E-state index in [0.29, 0.717) is 19.4 Å². The summed E-state index contributed by atoms with van der Waals surface area (Å²) in [5.74, 6) is -0.645. The van der Waals surface area contributed by atoms with E-state index in [0.717, 1.165) is 27.7 Å². The number of ether oxygens (including phenoxy) is 1. The number of para-hydroxylation sites is 1. The molecule has 4 bridgehead atoms. The van der Waals surface area contributed by atoms with Crippen molar-refractivity contribution in [3.63, 3.8) is 0 Å². The Labute approximate surface area is 157 Å². The third-order valence-corrected chi connectivity index (χ3v) is 7.17. The first-order chi connectivity index (χ1) is 13.0. The summed E-state index contributed by atoms with van der Waals surface area (Å²) in [4.78, 5) is 18.4.